The lowest BCUT2D eigenvalue weighted by molar-refractivity contribution is -0.0162. The number of carboxylic acids is 1. The Labute approximate surface area is 106 Å². The lowest BCUT2D eigenvalue weighted by Crippen LogP contribution is -2.13. The Balaban J connectivity index is 2.15. The third kappa shape index (κ3) is 1.93. The fraction of sp³-hybridized carbons (Fsp3) is 0.167. The molecule has 0 saturated heterocycles. The molecule has 0 aliphatic carbocycles. The quantitative estimate of drug-likeness (QED) is 0.894. The van der Waals surface area contributed by atoms with E-state index in [1.807, 2.05) is 0 Å². The highest BCUT2D eigenvalue weighted by atomic mass is 19.1. The first-order valence-corrected chi connectivity index (χ1v) is 5.39. The minimum Gasteiger partial charge on any atom is -0.475 e. The van der Waals surface area contributed by atoms with Crippen molar-refractivity contribution in [2.24, 2.45) is 0 Å². The highest BCUT2D eigenvalue weighted by Crippen LogP contribution is 2.35. The second-order valence-electron chi connectivity index (χ2n) is 3.89. The molecule has 2 aromatic rings. The van der Waals surface area contributed by atoms with Crippen LogP contribution in [-0.2, 0) is 11.3 Å². The van der Waals surface area contributed by atoms with E-state index in [-0.39, 0.29) is 30.4 Å². The van der Waals surface area contributed by atoms with Crippen LogP contribution in [0, 0.1) is 5.82 Å². The Morgan fingerprint density at radius 3 is 3.00 bits per heavy atom. The van der Waals surface area contributed by atoms with Gasteiger partial charge in [-0.2, -0.15) is 0 Å². The molecule has 0 radical (unpaired) electrons. The average Bonchev–Trinajstić information content (AvgIpc) is 2.88. The molecule has 19 heavy (non-hydrogen) atoms. The van der Waals surface area contributed by atoms with Crippen LogP contribution in [0.15, 0.2) is 22.7 Å². The van der Waals surface area contributed by atoms with Gasteiger partial charge in [-0.3, -0.25) is 0 Å². The van der Waals surface area contributed by atoms with Crippen LogP contribution in [0.2, 0.25) is 0 Å². The molecule has 0 spiro atoms. The van der Waals surface area contributed by atoms with Gasteiger partial charge < -0.3 is 19.1 Å². The predicted molar refractivity (Wildman–Crippen MR) is 59.1 cm³/mol. The Morgan fingerprint density at radius 2 is 2.26 bits per heavy atom. The molecule has 1 aliphatic heterocycles. The number of benzene rings is 1. The Hall–Kier alpha value is -2.41. The molecule has 0 saturated carbocycles. The Morgan fingerprint density at radius 1 is 1.42 bits per heavy atom. The number of aromatic carboxylic acids is 1. The molecule has 1 aromatic carbocycles. The largest absolute Gasteiger partial charge is 0.475 e. The van der Waals surface area contributed by atoms with Crippen molar-refractivity contribution in [3.63, 3.8) is 0 Å². The zero-order valence-corrected chi connectivity index (χ0v) is 9.55. The van der Waals surface area contributed by atoms with E-state index in [2.05, 4.69) is 9.68 Å². The number of aromatic nitrogens is 1. The van der Waals surface area contributed by atoms with E-state index in [4.69, 9.17) is 14.6 Å². The number of ether oxygens (including phenoxy) is 2. The molecule has 2 heterocycles. The molecule has 1 N–H and O–H groups in total. The average molecular weight is 265 g/mol. The molecule has 1 aliphatic rings. The van der Waals surface area contributed by atoms with Crippen LogP contribution in [0.25, 0.3) is 11.3 Å². The number of halogens is 1. The molecule has 3 rings (SSSR count). The van der Waals surface area contributed by atoms with Crippen molar-refractivity contribution in [2.45, 2.75) is 6.61 Å². The number of hydrogen-bond acceptors (Lipinski definition) is 5. The fourth-order valence-corrected chi connectivity index (χ4v) is 1.90. The van der Waals surface area contributed by atoms with Crippen molar-refractivity contribution in [1.82, 2.24) is 5.16 Å². The highest BCUT2D eigenvalue weighted by molar-refractivity contribution is 5.86. The first-order valence-electron chi connectivity index (χ1n) is 5.39. The van der Waals surface area contributed by atoms with Crippen LogP contribution in [-0.4, -0.2) is 23.0 Å². The minimum absolute atomic E-state index is 0.0945. The SMILES string of the molecule is O=C(O)c1cc(-c2c(F)ccc3c2COCO3)no1. The van der Waals surface area contributed by atoms with Gasteiger partial charge in [-0.25, -0.2) is 9.18 Å². The number of nitrogens with zero attached hydrogens (tertiary/aromatic N) is 1. The van der Waals surface area contributed by atoms with Gasteiger partial charge in [-0.1, -0.05) is 5.16 Å². The maximum Gasteiger partial charge on any atom is 0.374 e. The van der Waals surface area contributed by atoms with E-state index in [0.29, 0.717) is 11.3 Å². The lowest BCUT2D eigenvalue weighted by atomic mass is 10.0. The molecule has 98 valence electrons. The number of carboxylic acid groups (broad SMARTS) is 1. The molecule has 0 amide bonds. The normalized spacial score (nSPS) is 13.7. The van der Waals surface area contributed by atoms with E-state index in [1.54, 1.807) is 0 Å². The van der Waals surface area contributed by atoms with Crippen molar-refractivity contribution < 1.29 is 28.3 Å². The molecular weight excluding hydrogens is 257 g/mol. The second kappa shape index (κ2) is 4.36. The number of fused-ring (bicyclic) bond motifs is 1. The third-order valence-electron chi connectivity index (χ3n) is 2.74. The smallest absolute Gasteiger partial charge is 0.374 e. The van der Waals surface area contributed by atoms with Crippen LogP contribution >= 0.6 is 0 Å². The monoisotopic (exact) mass is 265 g/mol. The van der Waals surface area contributed by atoms with Gasteiger partial charge in [-0.15, -0.1) is 0 Å². The molecule has 7 heteroatoms. The molecule has 1 aromatic heterocycles. The summed E-state index contributed by atoms with van der Waals surface area (Å²) >= 11 is 0. The summed E-state index contributed by atoms with van der Waals surface area (Å²) in [5.74, 6) is -1.68. The van der Waals surface area contributed by atoms with Crippen molar-refractivity contribution >= 4 is 5.97 Å². The van der Waals surface area contributed by atoms with Gasteiger partial charge in [-0.05, 0) is 12.1 Å². The lowest BCUT2D eigenvalue weighted by Gasteiger charge is -2.19. The van der Waals surface area contributed by atoms with E-state index in [1.165, 1.54) is 12.1 Å². The Bertz CT molecular complexity index is 652. The highest BCUT2D eigenvalue weighted by Gasteiger charge is 2.23. The first-order chi connectivity index (χ1) is 9.16. The van der Waals surface area contributed by atoms with Crippen LogP contribution in [0.1, 0.15) is 16.1 Å². The third-order valence-corrected chi connectivity index (χ3v) is 2.74. The van der Waals surface area contributed by atoms with Gasteiger partial charge in [0.2, 0.25) is 5.76 Å². The van der Waals surface area contributed by atoms with Gasteiger partial charge in [0.15, 0.2) is 6.79 Å². The number of rotatable bonds is 2. The van der Waals surface area contributed by atoms with E-state index < -0.39 is 11.8 Å². The van der Waals surface area contributed by atoms with Crippen molar-refractivity contribution in [2.75, 3.05) is 6.79 Å². The molecule has 0 bridgehead atoms. The summed E-state index contributed by atoms with van der Waals surface area (Å²) in [5.41, 5.74) is 0.714. The standard InChI is InChI=1S/C12H8FNO5/c13-7-1-2-9-6(4-17-5-18-9)11(7)8-3-10(12(15)16)19-14-8/h1-3H,4-5H2,(H,15,16). The molecule has 0 fully saturated rings. The summed E-state index contributed by atoms with van der Waals surface area (Å²) in [6.45, 7) is 0.259. The van der Waals surface area contributed by atoms with Crippen LogP contribution in [0.5, 0.6) is 5.75 Å². The molecule has 0 atom stereocenters. The van der Waals surface area contributed by atoms with Crippen molar-refractivity contribution in [3.05, 3.63) is 35.3 Å². The first kappa shape index (κ1) is 11.7. The zero-order chi connectivity index (χ0) is 13.4. The summed E-state index contributed by atoms with van der Waals surface area (Å²) in [4.78, 5) is 10.7. The van der Waals surface area contributed by atoms with Crippen molar-refractivity contribution in [1.29, 1.82) is 0 Å². The van der Waals surface area contributed by atoms with E-state index in [9.17, 15) is 9.18 Å². The van der Waals surface area contributed by atoms with Gasteiger partial charge >= 0.3 is 5.97 Å². The summed E-state index contributed by atoms with van der Waals surface area (Å²) < 4.78 is 28.9. The maximum atomic E-state index is 13.9. The molecule has 6 nitrogen and oxygen atoms in total. The van der Waals surface area contributed by atoms with E-state index in [0.717, 1.165) is 6.07 Å². The van der Waals surface area contributed by atoms with Crippen LogP contribution in [0.4, 0.5) is 4.39 Å². The van der Waals surface area contributed by atoms with Crippen LogP contribution < -0.4 is 4.74 Å². The van der Waals surface area contributed by atoms with Gasteiger partial charge in [0.1, 0.15) is 17.3 Å². The summed E-state index contributed by atoms with van der Waals surface area (Å²) in [7, 11) is 0. The van der Waals surface area contributed by atoms with E-state index >= 15 is 0 Å². The second-order valence-corrected chi connectivity index (χ2v) is 3.89. The summed E-state index contributed by atoms with van der Waals surface area (Å²) in [6.07, 6.45) is 0. The molecular formula is C12H8FNO5. The number of hydrogen-bond donors (Lipinski definition) is 1. The van der Waals surface area contributed by atoms with Gasteiger partial charge in [0.25, 0.3) is 0 Å². The van der Waals surface area contributed by atoms with Gasteiger partial charge in [0, 0.05) is 17.2 Å². The minimum atomic E-state index is -1.27. The van der Waals surface area contributed by atoms with Gasteiger partial charge in [0.05, 0.1) is 6.61 Å². The summed E-state index contributed by atoms with van der Waals surface area (Å²) in [6, 6.07) is 3.89. The maximum absolute atomic E-state index is 13.9. The van der Waals surface area contributed by atoms with Crippen LogP contribution in [0.3, 0.4) is 0 Å². The predicted octanol–water partition coefficient (Wildman–Crippen LogP) is 2.05. The number of carbonyl (C=O) groups is 1. The van der Waals surface area contributed by atoms with Crippen molar-refractivity contribution in [3.8, 4) is 17.0 Å². The summed E-state index contributed by atoms with van der Waals surface area (Å²) in [5, 5.41) is 12.3. The topological polar surface area (TPSA) is 81.8 Å². The molecule has 0 unspecified atom stereocenters. The fourth-order valence-electron chi connectivity index (χ4n) is 1.90. The Kier molecular flexibility index (Phi) is 2.68. The zero-order valence-electron chi connectivity index (χ0n) is 9.55.